The lowest BCUT2D eigenvalue weighted by Crippen LogP contribution is -2.48. The number of morpholine rings is 1. The average Bonchev–Trinajstić information content (AvgIpc) is 3.12. The second-order valence-corrected chi connectivity index (χ2v) is 9.75. The van der Waals surface area contributed by atoms with Crippen LogP contribution in [-0.4, -0.2) is 62.9 Å². The van der Waals surface area contributed by atoms with E-state index in [0.29, 0.717) is 17.6 Å². The molecule has 0 bridgehead atoms. The highest BCUT2D eigenvalue weighted by atomic mass is 35.5. The van der Waals surface area contributed by atoms with Gasteiger partial charge in [-0.15, -0.1) is 0 Å². The molecular weight excluding hydrogens is 503 g/mol. The first-order valence-electron chi connectivity index (χ1n) is 11.0. The summed E-state index contributed by atoms with van der Waals surface area (Å²) in [4.78, 5) is 29.5. The molecule has 2 aromatic heterocycles. The number of amides is 1. The van der Waals surface area contributed by atoms with E-state index in [2.05, 4.69) is 4.98 Å². The first-order chi connectivity index (χ1) is 16.9. The van der Waals surface area contributed by atoms with Crippen LogP contribution in [0.25, 0.3) is 16.9 Å². The molecule has 12 heteroatoms. The molecule has 192 valence electrons. The van der Waals surface area contributed by atoms with Gasteiger partial charge in [0.15, 0.2) is 11.6 Å². The van der Waals surface area contributed by atoms with E-state index >= 15 is 4.39 Å². The fourth-order valence-electron chi connectivity index (χ4n) is 3.98. The number of halogens is 4. The lowest BCUT2D eigenvalue weighted by Gasteiger charge is -2.34. The van der Waals surface area contributed by atoms with Gasteiger partial charge >= 0.3 is 12.1 Å². The number of rotatable bonds is 4. The van der Waals surface area contributed by atoms with Crippen molar-refractivity contribution in [1.82, 2.24) is 14.3 Å². The molecule has 8 nitrogen and oxygen atoms in total. The van der Waals surface area contributed by atoms with Crippen molar-refractivity contribution >= 4 is 29.3 Å². The van der Waals surface area contributed by atoms with Gasteiger partial charge in [0.05, 0.1) is 36.2 Å². The zero-order valence-corrected chi connectivity index (χ0v) is 20.4. The lowest BCUT2D eigenvalue weighted by atomic mass is 10.0. The van der Waals surface area contributed by atoms with Gasteiger partial charge in [-0.1, -0.05) is 11.6 Å². The van der Waals surface area contributed by atoms with Crippen LogP contribution >= 0.6 is 11.6 Å². The van der Waals surface area contributed by atoms with E-state index in [1.54, 1.807) is 26.8 Å². The molecule has 3 heterocycles. The number of carboxylic acids is 1. The van der Waals surface area contributed by atoms with Gasteiger partial charge < -0.3 is 23.9 Å². The van der Waals surface area contributed by atoms with E-state index in [1.165, 1.54) is 21.6 Å². The molecule has 0 spiro atoms. The van der Waals surface area contributed by atoms with Crippen LogP contribution in [0, 0.1) is 17.5 Å². The minimum atomic E-state index is -1.81. The molecule has 1 saturated heterocycles. The number of nitrogens with zero attached hydrogens (tertiary/aromatic N) is 3. The monoisotopic (exact) mass is 525 g/mol. The van der Waals surface area contributed by atoms with Crippen molar-refractivity contribution in [2.75, 3.05) is 19.7 Å². The number of carbonyl (C=O) groups excluding carboxylic acids is 1. The number of carbonyl (C=O) groups is 2. The van der Waals surface area contributed by atoms with E-state index in [0.717, 1.165) is 0 Å². The Morgan fingerprint density at radius 1 is 1.25 bits per heavy atom. The molecule has 1 amide bonds. The van der Waals surface area contributed by atoms with Crippen molar-refractivity contribution in [2.24, 2.45) is 0 Å². The number of aromatic carboxylic acids is 1. The van der Waals surface area contributed by atoms with Crippen LogP contribution in [0.15, 0.2) is 24.4 Å². The fraction of sp³-hybridized carbons (Fsp3) is 0.375. The van der Waals surface area contributed by atoms with Gasteiger partial charge in [-0.3, -0.25) is 0 Å². The first kappa shape index (κ1) is 25.8. The zero-order chi connectivity index (χ0) is 26.4. The molecule has 1 aliphatic heterocycles. The summed E-state index contributed by atoms with van der Waals surface area (Å²) in [5, 5.41) is 9.37. The predicted octanol–water partition coefficient (Wildman–Crippen LogP) is 4.95. The molecule has 0 radical (unpaired) electrons. The topological polar surface area (TPSA) is 93.4 Å². The lowest BCUT2D eigenvalue weighted by molar-refractivity contribution is -0.0418. The number of hydrogen-bond acceptors (Lipinski definition) is 5. The Kier molecular flexibility index (Phi) is 6.89. The number of ether oxygens (including phenoxy) is 2. The summed E-state index contributed by atoms with van der Waals surface area (Å²) in [6.07, 6.45) is 0.452. The number of fused-ring (bicyclic) bond motifs is 1. The fourth-order valence-corrected chi connectivity index (χ4v) is 4.14. The Morgan fingerprint density at radius 2 is 1.97 bits per heavy atom. The standard InChI is InChI=1S/C24H23ClF3N3O5/c1-24(2,3)36-23(34)30-6-7-35-13(11-30)9-16-21(29-17-8-12(25)4-5-31(16)17)18-15(26)10-14(22(32)33)19(27)20(18)28/h4-5,8,10,13H,6-7,9,11H2,1-3H3,(H,32,33)/t13-/m0/s1. The average molecular weight is 526 g/mol. The van der Waals surface area contributed by atoms with Gasteiger partial charge in [0.25, 0.3) is 0 Å². The minimum absolute atomic E-state index is 0.0403. The number of aromatic nitrogens is 2. The highest BCUT2D eigenvalue weighted by molar-refractivity contribution is 6.30. The van der Waals surface area contributed by atoms with Crippen LogP contribution in [-0.2, 0) is 15.9 Å². The molecule has 1 aromatic carbocycles. The quantitative estimate of drug-likeness (QED) is 0.485. The molecule has 36 heavy (non-hydrogen) atoms. The van der Waals surface area contributed by atoms with Crippen LogP contribution < -0.4 is 0 Å². The molecule has 4 rings (SSSR count). The molecule has 0 saturated carbocycles. The first-order valence-corrected chi connectivity index (χ1v) is 11.4. The molecule has 0 aliphatic carbocycles. The highest BCUT2D eigenvalue weighted by Crippen LogP contribution is 2.34. The second-order valence-electron chi connectivity index (χ2n) is 9.32. The van der Waals surface area contributed by atoms with Crippen molar-refractivity contribution in [3.63, 3.8) is 0 Å². The van der Waals surface area contributed by atoms with E-state index in [1.807, 2.05) is 0 Å². The maximum absolute atomic E-state index is 15.0. The third-order valence-electron chi connectivity index (χ3n) is 5.52. The van der Waals surface area contributed by atoms with Crippen molar-refractivity contribution < 1.29 is 37.3 Å². The van der Waals surface area contributed by atoms with Gasteiger partial charge in [-0.05, 0) is 32.9 Å². The van der Waals surface area contributed by atoms with Crippen molar-refractivity contribution in [3.05, 3.63) is 58.1 Å². The number of carboxylic acid groups (broad SMARTS) is 1. The highest BCUT2D eigenvalue weighted by Gasteiger charge is 2.32. The smallest absolute Gasteiger partial charge is 0.410 e. The minimum Gasteiger partial charge on any atom is -0.478 e. The number of hydrogen-bond donors (Lipinski definition) is 1. The van der Waals surface area contributed by atoms with Gasteiger partial charge in [-0.2, -0.15) is 0 Å². The maximum Gasteiger partial charge on any atom is 0.410 e. The van der Waals surface area contributed by atoms with Crippen molar-refractivity contribution in [3.8, 4) is 11.3 Å². The van der Waals surface area contributed by atoms with Crippen molar-refractivity contribution in [2.45, 2.75) is 38.9 Å². The number of pyridine rings is 1. The van der Waals surface area contributed by atoms with Crippen LogP contribution in [0.2, 0.25) is 5.02 Å². The Balaban J connectivity index is 1.76. The number of imidazole rings is 1. The molecule has 1 aliphatic rings. The van der Waals surface area contributed by atoms with Crippen LogP contribution in [0.5, 0.6) is 0 Å². The SMILES string of the molecule is CC(C)(C)OC(=O)N1CCO[C@@H](Cc2c(-c3c(F)cc(C(=O)O)c(F)c3F)nc3cc(Cl)ccn23)C1. The van der Waals surface area contributed by atoms with Gasteiger partial charge in [0.2, 0.25) is 0 Å². The summed E-state index contributed by atoms with van der Waals surface area (Å²) in [6.45, 7) is 5.87. The zero-order valence-electron chi connectivity index (χ0n) is 19.6. The van der Waals surface area contributed by atoms with Crippen LogP contribution in [0.3, 0.4) is 0 Å². The molecule has 0 unspecified atom stereocenters. The Labute approximate surface area is 209 Å². The summed E-state index contributed by atoms with van der Waals surface area (Å²) < 4.78 is 57.2. The van der Waals surface area contributed by atoms with E-state index in [9.17, 15) is 18.4 Å². The molecule has 1 fully saturated rings. The van der Waals surface area contributed by atoms with Crippen LogP contribution in [0.1, 0.15) is 36.8 Å². The summed E-state index contributed by atoms with van der Waals surface area (Å²) in [5.41, 5.74) is -2.38. The molecular formula is C24H23ClF3N3O5. The normalized spacial score (nSPS) is 16.4. The second kappa shape index (κ2) is 9.62. The summed E-state index contributed by atoms with van der Waals surface area (Å²) >= 11 is 6.06. The Bertz CT molecular complexity index is 1360. The largest absolute Gasteiger partial charge is 0.478 e. The van der Waals surface area contributed by atoms with Gasteiger partial charge in [-0.25, -0.2) is 27.7 Å². The third-order valence-corrected chi connectivity index (χ3v) is 5.76. The summed E-state index contributed by atoms with van der Waals surface area (Å²) in [5.74, 6) is -6.48. The molecule has 1 atom stereocenters. The molecule has 3 aromatic rings. The van der Waals surface area contributed by atoms with E-state index in [-0.39, 0.29) is 36.6 Å². The van der Waals surface area contributed by atoms with Gasteiger partial charge in [0.1, 0.15) is 22.6 Å². The van der Waals surface area contributed by atoms with Crippen LogP contribution in [0.4, 0.5) is 18.0 Å². The van der Waals surface area contributed by atoms with E-state index in [4.69, 9.17) is 26.2 Å². The third kappa shape index (κ3) is 5.12. The Hall–Kier alpha value is -3.31. The summed E-state index contributed by atoms with van der Waals surface area (Å²) in [6, 6.07) is 3.42. The number of benzene rings is 1. The van der Waals surface area contributed by atoms with Gasteiger partial charge in [0, 0.05) is 30.3 Å². The molecule has 1 N–H and O–H groups in total. The maximum atomic E-state index is 15.0. The van der Waals surface area contributed by atoms with E-state index < -0.39 is 52.3 Å². The summed E-state index contributed by atoms with van der Waals surface area (Å²) in [7, 11) is 0. The Morgan fingerprint density at radius 3 is 2.64 bits per heavy atom. The van der Waals surface area contributed by atoms with Crippen molar-refractivity contribution in [1.29, 1.82) is 0 Å². The predicted molar refractivity (Wildman–Crippen MR) is 124 cm³/mol.